The van der Waals surface area contributed by atoms with Crippen molar-refractivity contribution in [3.05, 3.63) is 0 Å². The van der Waals surface area contributed by atoms with E-state index in [0.717, 1.165) is 0 Å². The van der Waals surface area contributed by atoms with Crippen LogP contribution in [-0.4, -0.2) is 91.4 Å². The van der Waals surface area contributed by atoms with Gasteiger partial charge in [-0.2, -0.15) is 12.9 Å². The van der Waals surface area contributed by atoms with Gasteiger partial charge in [0, 0.05) is 0 Å². The Morgan fingerprint density at radius 2 is 1.00 bits per heavy atom. The summed E-state index contributed by atoms with van der Waals surface area (Å²) in [6.07, 6.45) is -13.4. The first-order valence-electron chi connectivity index (χ1n) is 6.64. The van der Waals surface area contributed by atoms with Crippen LogP contribution in [0.2, 0.25) is 0 Å². The molecule has 19 nitrogen and oxygen atoms in total. The molecular weight excluding hydrogens is 500 g/mol. The molecule has 0 aromatic carbocycles. The molecule has 11 N–H and O–H groups in total. The molecule has 0 amide bonds. The smallest absolute Gasteiger partial charge is 0.387 e. The number of hydrogen-bond acceptors (Lipinski definition) is 14. The van der Waals surface area contributed by atoms with Crippen LogP contribution < -0.4 is 0 Å². The molecule has 0 heterocycles. The summed E-state index contributed by atoms with van der Waals surface area (Å²) in [5.74, 6) is -3.97. The van der Waals surface area contributed by atoms with Gasteiger partial charge in [0.05, 0.1) is 0 Å². The van der Waals surface area contributed by atoms with E-state index >= 15 is 0 Å². The SMILES string of the molecule is O=P(O)(O)OP(=O)(O)OP(=O)(O[C@]1(O)[C@H](O)[C@H](O)[C@@H](O)[C@H](O)[C@H]1O)OP(=O)(O)O. The van der Waals surface area contributed by atoms with E-state index in [1.165, 1.54) is 0 Å². The van der Waals surface area contributed by atoms with Crippen molar-refractivity contribution >= 4 is 31.3 Å². The summed E-state index contributed by atoms with van der Waals surface area (Å²) in [6, 6.07) is 0. The quantitative estimate of drug-likeness (QED) is 0.108. The Hall–Kier alpha value is 0.320. The number of hydrogen-bond donors (Lipinski definition) is 11. The van der Waals surface area contributed by atoms with Crippen LogP contribution in [0.3, 0.4) is 0 Å². The molecule has 0 saturated heterocycles. The molecule has 0 aromatic rings. The van der Waals surface area contributed by atoms with E-state index in [9.17, 15) is 48.9 Å². The molecular formula is C6H16O19P4. The lowest BCUT2D eigenvalue weighted by atomic mass is 9.82. The Morgan fingerprint density at radius 3 is 1.34 bits per heavy atom. The molecule has 8 atom stereocenters. The van der Waals surface area contributed by atoms with E-state index in [1.54, 1.807) is 0 Å². The van der Waals surface area contributed by atoms with Gasteiger partial charge < -0.3 is 55.1 Å². The van der Waals surface area contributed by atoms with E-state index in [1.807, 2.05) is 0 Å². The largest absolute Gasteiger partial charge is 0.495 e. The number of aliphatic hydroxyl groups excluding tert-OH is 5. The topological polar surface area (TPSA) is 328 Å². The molecule has 174 valence electrons. The second-order valence-electron chi connectivity index (χ2n) is 5.35. The predicted molar refractivity (Wildman–Crippen MR) is 80.8 cm³/mol. The lowest BCUT2D eigenvalue weighted by Crippen LogP contribution is -2.71. The van der Waals surface area contributed by atoms with Crippen LogP contribution in [0.15, 0.2) is 0 Å². The molecule has 29 heavy (non-hydrogen) atoms. The molecule has 0 spiro atoms. The highest BCUT2D eigenvalue weighted by Gasteiger charge is 2.63. The van der Waals surface area contributed by atoms with E-state index in [2.05, 4.69) is 17.5 Å². The third-order valence-corrected chi connectivity index (χ3v) is 8.54. The van der Waals surface area contributed by atoms with Gasteiger partial charge in [-0.15, -0.1) is 0 Å². The summed E-state index contributed by atoms with van der Waals surface area (Å²) in [4.78, 5) is 43.5. The molecule has 23 heteroatoms. The van der Waals surface area contributed by atoms with Crippen LogP contribution in [0, 0.1) is 0 Å². The first-order valence-corrected chi connectivity index (χ1v) is 12.7. The Labute approximate surface area is 159 Å². The molecule has 0 radical (unpaired) electrons. The average Bonchev–Trinajstić information content (AvgIpc) is 2.44. The van der Waals surface area contributed by atoms with Gasteiger partial charge in [0.2, 0.25) is 5.79 Å². The van der Waals surface area contributed by atoms with Crippen LogP contribution >= 0.6 is 31.3 Å². The van der Waals surface area contributed by atoms with Gasteiger partial charge in [0.15, 0.2) is 0 Å². The molecule has 0 bridgehead atoms. The second kappa shape index (κ2) is 8.69. The lowest BCUT2D eigenvalue weighted by Gasteiger charge is -2.47. The minimum atomic E-state index is -6.45. The molecule has 0 aliphatic heterocycles. The zero-order valence-electron chi connectivity index (χ0n) is 13.4. The van der Waals surface area contributed by atoms with Crippen LogP contribution in [0.1, 0.15) is 0 Å². The van der Waals surface area contributed by atoms with Crippen LogP contribution in [0.25, 0.3) is 0 Å². The second-order valence-corrected chi connectivity index (χ2v) is 11.3. The normalized spacial score (nSPS) is 38.2. The van der Waals surface area contributed by atoms with Crippen molar-refractivity contribution in [2.45, 2.75) is 36.3 Å². The highest BCUT2D eigenvalue weighted by molar-refractivity contribution is 7.69. The summed E-state index contributed by atoms with van der Waals surface area (Å²) < 4.78 is 59.6. The summed E-state index contributed by atoms with van der Waals surface area (Å²) in [5.41, 5.74) is 0. The van der Waals surface area contributed by atoms with E-state index in [4.69, 9.17) is 24.5 Å². The Balaban J connectivity index is 3.38. The van der Waals surface area contributed by atoms with E-state index in [0.29, 0.717) is 0 Å². The molecule has 0 aromatic heterocycles. The minimum Gasteiger partial charge on any atom is -0.387 e. The summed E-state index contributed by atoms with van der Waals surface area (Å²) in [7, 11) is -24.6. The van der Waals surface area contributed by atoms with Crippen LogP contribution in [0.4, 0.5) is 0 Å². The predicted octanol–water partition coefficient (Wildman–Crippen LogP) is -4.05. The number of rotatable bonds is 8. The standard InChI is InChI=1S/C6H16O19P4/c7-1-2(8)4(10)6(12,5(11)3(1)9)22-29(21,24-27(16,17)18)25-28(19,20)23-26(13,14)15/h1-5,7-12H,(H,19,20)(H2,13,14,15)(H2,16,17,18)/t1-,2-,3+,4-,5-,6-,29?/m1/s1. The summed E-state index contributed by atoms with van der Waals surface area (Å²) >= 11 is 0. The number of aliphatic hydroxyl groups is 6. The van der Waals surface area contributed by atoms with E-state index < -0.39 is 67.6 Å². The third-order valence-electron chi connectivity index (χ3n) is 3.07. The Kier molecular flexibility index (Phi) is 8.20. The average molecular weight is 516 g/mol. The van der Waals surface area contributed by atoms with Gasteiger partial charge in [-0.1, -0.05) is 0 Å². The molecule has 1 fully saturated rings. The maximum atomic E-state index is 12.4. The van der Waals surface area contributed by atoms with Gasteiger partial charge in [-0.3, -0.25) is 0 Å². The lowest BCUT2D eigenvalue weighted by molar-refractivity contribution is -0.336. The molecule has 1 aliphatic rings. The molecule has 2 unspecified atom stereocenters. The Morgan fingerprint density at radius 1 is 0.621 bits per heavy atom. The summed E-state index contributed by atoms with van der Waals surface area (Å²) in [5, 5.41) is 58.0. The maximum Gasteiger partial charge on any atom is 0.495 e. The molecule has 1 aliphatic carbocycles. The fraction of sp³-hybridized carbons (Fsp3) is 1.00. The van der Waals surface area contributed by atoms with Crippen molar-refractivity contribution in [1.29, 1.82) is 0 Å². The van der Waals surface area contributed by atoms with Gasteiger partial charge >= 0.3 is 31.3 Å². The third kappa shape index (κ3) is 7.17. The highest BCUT2D eigenvalue weighted by atomic mass is 31.3. The zero-order chi connectivity index (χ0) is 23.2. The molecule has 1 rings (SSSR count). The van der Waals surface area contributed by atoms with Crippen molar-refractivity contribution in [3.63, 3.8) is 0 Å². The van der Waals surface area contributed by atoms with Crippen molar-refractivity contribution in [1.82, 2.24) is 0 Å². The maximum absolute atomic E-state index is 12.4. The summed E-state index contributed by atoms with van der Waals surface area (Å²) in [6.45, 7) is 0. The van der Waals surface area contributed by atoms with Crippen LogP contribution in [0.5, 0.6) is 0 Å². The monoisotopic (exact) mass is 516 g/mol. The fourth-order valence-electron chi connectivity index (χ4n) is 1.98. The van der Waals surface area contributed by atoms with Crippen molar-refractivity contribution in [2.24, 2.45) is 0 Å². The van der Waals surface area contributed by atoms with Crippen molar-refractivity contribution < 1.29 is 90.8 Å². The van der Waals surface area contributed by atoms with Gasteiger partial charge in [-0.05, 0) is 0 Å². The first-order chi connectivity index (χ1) is 12.6. The van der Waals surface area contributed by atoms with Gasteiger partial charge in [0.1, 0.15) is 30.5 Å². The first kappa shape index (κ1) is 27.4. The van der Waals surface area contributed by atoms with Gasteiger partial charge in [0.25, 0.3) is 0 Å². The van der Waals surface area contributed by atoms with Gasteiger partial charge in [-0.25, -0.2) is 22.8 Å². The Bertz CT molecular complexity index is 766. The minimum absolute atomic E-state index is 2.35. The van der Waals surface area contributed by atoms with Crippen molar-refractivity contribution in [3.8, 4) is 0 Å². The van der Waals surface area contributed by atoms with E-state index in [-0.39, 0.29) is 0 Å². The number of phosphoric acid groups is 4. The highest BCUT2D eigenvalue weighted by Crippen LogP contribution is 2.73. The molecule has 1 saturated carbocycles. The van der Waals surface area contributed by atoms with Crippen molar-refractivity contribution in [2.75, 3.05) is 0 Å². The van der Waals surface area contributed by atoms with Crippen LogP contribution in [-0.2, 0) is 35.7 Å². The zero-order valence-corrected chi connectivity index (χ0v) is 16.9. The fourth-order valence-corrected chi connectivity index (χ4v) is 6.73.